The lowest BCUT2D eigenvalue weighted by Gasteiger charge is -2.19. The van der Waals surface area contributed by atoms with E-state index in [-0.39, 0.29) is 11.9 Å². The molecule has 0 radical (unpaired) electrons. The monoisotopic (exact) mass is 341 g/mol. The van der Waals surface area contributed by atoms with Gasteiger partial charge in [-0.25, -0.2) is 0 Å². The van der Waals surface area contributed by atoms with Crippen molar-refractivity contribution in [1.82, 2.24) is 5.32 Å². The second-order valence-corrected chi connectivity index (χ2v) is 6.00. The Balaban J connectivity index is 2.15. The Labute approximate surface area is 150 Å². The lowest BCUT2D eigenvalue weighted by atomic mass is 10.0. The van der Waals surface area contributed by atoms with Crippen LogP contribution in [0.15, 0.2) is 42.5 Å². The summed E-state index contributed by atoms with van der Waals surface area (Å²) in [6.45, 7) is 6.63. The molecule has 0 saturated carbocycles. The van der Waals surface area contributed by atoms with E-state index in [1.165, 1.54) is 0 Å². The van der Waals surface area contributed by atoms with Gasteiger partial charge in [0.1, 0.15) is 11.5 Å². The molecule has 134 valence electrons. The number of hydrogen-bond acceptors (Lipinski definition) is 3. The van der Waals surface area contributed by atoms with Gasteiger partial charge in [-0.1, -0.05) is 25.5 Å². The van der Waals surface area contributed by atoms with Crippen LogP contribution in [0.4, 0.5) is 0 Å². The van der Waals surface area contributed by atoms with Gasteiger partial charge in [-0.3, -0.25) is 4.79 Å². The highest BCUT2D eigenvalue weighted by molar-refractivity contribution is 5.94. The Morgan fingerprint density at radius 1 is 1.12 bits per heavy atom. The minimum absolute atomic E-state index is 0.0183. The van der Waals surface area contributed by atoms with Crippen molar-refractivity contribution in [3.8, 4) is 11.5 Å². The summed E-state index contributed by atoms with van der Waals surface area (Å²) < 4.78 is 10.7. The number of nitrogens with one attached hydrogen (secondary N) is 1. The highest BCUT2D eigenvalue weighted by atomic mass is 16.5. The standard InChI is InChI=1S/C21H27NO3/c1-5-7-19(16-8-11-18(24-4)12-9-16)22-21(23)17-10-13-20(25-6-2)15(3)14-17/h8-14,19H,5-7H2,1-4H3,(H,22,23). The first-order valence-corrected chi connectivity index (χ1v) is 8.77. The minimum Gasteiger partial charge on any atom is -0.497 e. The predicted octanol–water partition coefficient (Wildman–Crippen LogP) is 4.67. The average molecular weight is 341 g/mol. The zero-order valence-corrected chi connectivity index (χ0v) is 15.5. The fourth-order valence-corrected chi connectivity index (χ4v) is 2.80. The maximum absolute atomic E-state index is 12.7. The molecule has 0 spiro atoms. The van der Waals surface area contributed by atoms with Crippen molar-refractivity contribution in [2.45, 2.75) is 39.7 Å². The van der Waals surface area contributed by atoms with Gasteiger partial charge in [0.25, 0.3) is 5.91 Å². The van der Waals surface area contributed by atoms with E-state index in [4.69, 9.17) is 9.47 Å². The Morgan fingerprint density at radius 3 is 2.40 bits per heavy atom. The Hall–Kier alpha value is -2.49. The normalized spacial score (nSPS) is 11.7. The van der Waals surface area contributed by atoms with Crippen molar-refractivity contribution in [2.75, 3.05) is 13.7 Å². The van der Waals surface area contributed by atoms with Crippen molar-refractivity contribution in [3.05, 3.63) is 59.2 Å². The molecule has 0 bridgehead atoms. The highest BCUT2D eigenvalue weighted by Gasteiger charge is 2.16. The number of hydrogen-bond donors (Lipinski definition) is 1. The van der Waals surface area contributed by atoms with Crippen molar-refractivity contribution < 1.29 is 14.3 Å². The maximum atomic E-state index is 12.7. The maximum Gasteiger partial charge on any atom is 0.251 e. The molecule has 2 rings (SSSR count). The molecule has 2 aromatic rings. The van der Waals surface area contributed by atoms with Crippen molar-refractivity contribution in [3.63, 3.8) is 0 Å². The number of ether oxygens (including phenoxy) is 2. The number of methoxy groups -OCH3 is 1. The van der Waals surface area contributed by atoms with E-state index in [1.807, 2.05) is 56.3 Å². The summed E-state index contributed by atoms with van der Waals surface area (Å²) in [5.74, 6) is 1.56. The van der Waals surface area contributed by atoms with Crippen molar-refractivity contribution >= 4 is 5.91 Å². The third kappa shape index (κ3) is 4.99. The number of aryl methyl sites for hydroxylation is 1. The molecule has 2 aromatic carbocycles. The zero-order valence-electron chi connectivity index (χ0n) is 15.5. The summed E-state index contributed by atoms with van der Waals surface area (Å²) in [6.07, 6.45) is 1.87. The van der Waals surface area contributed by atoms with E-state index in [9.17, 15) is 4.79 Å². The molecule has 4 nitrogen and oxygen atoms in total. The molecule has 1 N–H and O–H groups in total. The molecular weight excluding hydrogens is 314 g/mol. The Kier molecular flexibility index (Phi) is 6.87. The van der Waals surface area contributed by atoms with Gasteiger partial charge in [-0.05, 0) is 61.7 Å². The average Bonchev–Trinajstić information content (AvgIpc) is 2.63. The molecular formula is C21H27NO3. The Morgan fingerprint density at radius 2 is 1.84 bits per heavy atom. The predicted molar refractivity (Wildman–Crippen MR) is 100 cm³/mol. The van der Waals surface area contributed by atoms with E-state index in [0.29, 0.717) is 12.2 Å². The quantitative estimate of drug-likeness (QED) is 0.759. The smallest absolute Gasteiger partial charge is 0.251 e. The summed E-state index contributed by atoms with van der Waals surface area (Å²) in [4.78, 5) is 12.7. The van der Waals surface area contributed by atoms with E-state index in [0.717, 1.165) is 35.5 Å². The first kappa shape index (κ1) is 18.8. The number of benzene rings is 2. The van der Waals surface area contributed by atoms with Gasteiger partial charge in [-0.15, -0.1) is 0 Å². The molecule has 0 saturated heterocycles. The molecule has 0 aliphatic heterocycles. The van der Waals surface area contributed by atoms with Crippen LogP contribution in [0.1, 0.15) is 54.2 Å². The van der Waals surface area contributed by atoms with Crippen molar-refractivity contribution in [2.24, 2.45) is 0 Å². The van der Waals surface area contributed by atoms with Gasteiger partial charge in [0, 0.05) is 5.56 Å². The van der Waals surface area contributed by atoms with Crippen LogP contribution in [0.5, 0.6) is 11.5 Å². The molecule has 25 heavy (non-hydrogen) atoms. The van der Waals surface area contributed by atoms with Crippen LogP contribution in [0.2, 0.25) is 0 Å². The van der Waals surface area contributed by atoms with E-state index < -0.39 is 0 Å². The van der Waals surface area contributed by atoms with Crippen LogP contribution >= 0.6 is 0 Å². The lowest BCUT2D eigenvalue weighted by Crippen LogP contribution is -2.28. The summed E-state index contributed by atoms with van der Waals surface area (Å²) in [7, 11) is 1.65. The van der Waals surface area contributed by atoms with Crippen LogP contribution in [0.3, 0.4) is 0 Å². The largest absolute Gasteiger partial charge is 0.497 e. The molecule has 0 aliphatic rings. The number of amides is 1. The number of rotatable bonds is 8. The molecule has 0 aromatic heterocycles. The van der Waals surface area contributed by atoms with Gasteiger partial charge in [0.2, 0.25) is 0 Å². The Bertz CT molecular complexity index is 695. The van der Waals surface area contributed by atoms with Gasteiger partial charge >= 0.3 is 0 Å². The summed E-state index contributed by atoms with van der Waals surface area (Å²) in [5, 5.41) is 3.15. The van der Waals surface area contributed by atoms with E-state index in [2.05, 4.69) is 12.2 Å². The first-order valence-electron chi connectivity index (χ1n) is 8.77. The van der Waals surface area contributed by atoms with Crippen LogP contribution < -0.4 is 14.8 Å². The summed E-state index contributed by atoms with van der Waals surface area (Å²) in [5.41, 5.74) is 2.69. The van der Waals surface area contributed by atoms with Gasteiger partial charge in [0.15, 0.2) is 0 Å². The van der Waals surface area contributed by atoms with Gasteiger partial charge in [-0.2, -0.15) is 0 Å². The number of carbonyl (C=O) groups excluding carboxylic acids is 1. The molecule has 0 fully saturated rings. The molecule has 0 aliphatic carbocycles. The minimum atomic E-state index is -0.0691. The second-order valence-electron chi connectivity index (χ2n) is 6.00. The molecule has 1 atom stereocenters. The molecule has 4 heteroatoms. The van der Waals surface area contributed by atoms with Crippen molar-refractivity contribution in [1.29, 1.82) is 0 Å². The van der Waals surface area contributed by atoms with Gasteiger partial charge in [0.05, 0.1) is 19.8 Å². The van der Waals surface area contributed by atoms with Crippen LogP contribution in [0.25, 0.3) is 0 Å². The summed E-state index contributed by atoms with van der Waals surface area (Å²) in [6, 6.07) is 13.4. The fourth-order valence-electron chi connectivity index (χ4n) is 2.80. The fraction of sp³-hybridized carbons (Fsp3) is 0.381. The first-order chi connectivity index (χ1) is 12.1. The molecule has 1 unspecified atom stereocenters. The third-order valence-corrected chi connectivity index (χ3v) is 4.14. The van der Waals surface area contributed by atoms with Crippen LogP contribution in [0, 0.1) is 6.92 Å². The van der Waals surface area contributed by atoms with Crippen LogP contribution in [-0.4, -0.2) is 19.6 Å². The summed E-state index contributed by atoms with van der Waals surface area (Å²) >= 11 is 0. The topological polar surface area (TPSA) is 47.6 Å². The second kappa shape index (κ2) is 9.11. The molecule has 1 amide bonds. The highest BCUT2D eigenvalue weighted by Crippen LogP contribution is 2.23. The zero-order chi connectivity index (χ0) is 18.2. The number of carbonyl (C=O) groups is 1. The van der Waals surface area contributed by atoms with E-state index >= 15 is 0 Å². The SMILES string of the molecule is CCCC(NC(=O)c1ccc(OCC)c(C)c1)c1ccc(OC)cc1. The van der Waals surface area contributed by atoms with Crippen LogP contribution in [-0.2, 0) is 0 Å². The molecule has 0 heterocycles. The van der Waals surface area contributed by atoms with E-state index in [1.54, 1.807) is 7.11 Å². The van der Waals surface area contributed by atoms with Gasteiger partial charge < -0.3 is 14.8 Å². The third-order valence-electron chi connectivity index (χ3n) is 4.14. The lowest BCUT2D eigenvalue weighted by molar-refractivity contribution is 0.0934.